The topological polar surface area (TPSA) is 21.6 Å². The van der Waals surface area contributed by atoms with Crippen molar-refractivity contribution in [2.24, 2.45) is 4.99 Å². The molecule has 0 atom stereocenters. The predicted octanol–water partition coefficient (Wildman–Crippen LogP) is 4.11. The highest BCUT2D eigenvalue weighted by atomic mass is 16.5. The standard InChI is InChI=1S/C16H15NO/c1-18-16-11-9-14(10-12-16)6-5-13-17-15-7-3-2-4-8-15/h2-13H,1H3/b6-5+,17-13+. The van der Waals surface area contributed by atoms with E-state index in [4.69, 9.17) is 4.74 Å². The van der Waals surface area contributed by atoms with Crippen LogP contribution in [0, 0.1) is 0 Å². The summed E-state index contributed by atoms with van der Waals surface area (Å²) >= 11 is 0. The highest BCUT2D eigenvalue weighted by molar-refractivity contribution is 5.80. The molecule has 0 radical (unpaired) electrons. The molecule has 0 unspecified atom stereocenters. The van der Waals surface area contributed by atoms with Crippen LogP contribution in [0.5, 0.6) is 5.75 Å². The van der Waals surface area contributed by atoms with E-state index in [0.717, 1.165) is 17.0 Å². The van der Waals surface area contributed by atoms with Gasteiger partial charge in [0.1, 0.15) is 5.75 Å². The smallest absolute Gasteiger partial charge is 0.118 e. The number of hydrogen-bond acceptors (Lipinski definition) is 2. The molecule has 90 valence electrons. The van der Waals surface area contributed by atoms with Gasteiger partial charge in [0.05, 0.1) is 12.8 Å². The summed E-state index contributed by atoms with van der Waals surface area (Å²) in [7, 11) is 1.66. The molecule has 0 saturated carbocycles. The Morgan fingerprint density at radius 3 is 2.33 bits per heavy atom. The van der Waals surface area contributed by atoms with Gasteiger partial charge in [-0.3, -0.25) is 4.99 Å². The zero-order valence-electron chi connectivity index (χ0n) is 10.3. The molecular weight excluding hydrogens is 222 g/mol. The molecule has 2 aromatic carbocycles. The molecule has 18 heavy (non-hydrogen) atoms. The van der Waals surface area contributed by atoms with Gasteiger partial charge in [-0.05, 0) is 35.9 Å². The van der Waals surface area contributed by atoms with E-state index < -0.39 is 0 Å². The van der Waals surface area contributed by atoms with Gasteiger partial charge < -0.3 is 4.74 Å². The Hall–Kier alpha value is -2.35. The average Bonchev–Trinajstić information content (AvgIpc) is 2.45. The molecule has 0 bridgehead atoms. The van der Waals surface area contributed by atoms with E-state index in [2.05, 4.69) is 4.99 Å². The third kappa shape index (κ3) is 3.59. The van der Waals surface area contributed by atoms with Crippen molar-refractivity contribution in [2.45, 2.75) is 0 Å². The lowest BCUT2D eigenvalue weighted by molar-refractivity contribution is 0.415. The fourth-order valence-corrected chi connectivity index (χ4v) is 1.51. The first-order chi connectivity index (χ1) is 8.88. The van der Waals surface area contributed by atoms with Crippen molar-refractivity contribution in [3.05, 3.63) is 66.2 Å². The highest BCUT2D eigenvalue weighted by Gasteiger charge is 1.88. The van der Waals surface area contributed by atoms with Crippen LogP contribution in [0.2, 0.25) is 0 Å². The van der Waals surface area contributed by atoms with Crippen LogP contribution in [0.1, 0.15) is 5.56 Å². The first-order valence-corrected chi connectivity index (χ1v) is 5.78. The van der Waals surface area contributed by atoms with E-state index in [0.29, 0.717) is 0 Å². The van der Waals surface area contributed by atoms with Crippen LogP contribution in [0.3, 0.4) is 0 Å². The zero-order chi connectivity index (χ0) is 12.6. The number of hydrogen-bond donors (Lipinski definition) is 0. The Balaban J connectivity index is 1.96. The van der Waals surface area contributed by atoms with E-state index in [1.165, 1.54) is 0 Å². The lowest BCUT2D eigenvalue weighted by Crippen LogP contribution is -1.81. The van der Waals surface area contributed by atoms with Gasteiger partial charge in [0.25, 0.3) is 0 Å². The molecule has 0 spiro atoms. The molecule has 0 N–H and O–H groups in total. The van der Waals surface area contributed by atoms with Crippen LogP contribution in [0.15, 0.2) is 65.7 Å². The number of methoxy groups -OCH3 is 1. The zero-order valence-corrected chi connectivity index (χ0v) is 10.3. The Morgan fingerprint density at radius 2 is 1.67 bits per heavy atom. The maximum atomic E-state index is 5.10. The fraction of sp³-hybridized carbons (Fsp3) is 0.0625. The number of para-hydroxylation sites is 1. The Bertz CT molecular complexity index is 527. The van der Waals surface area contributed by atoms with Gasteiger partial charge in [0.2, 0.25) is 0 Å². The second-order valence-electron chi connectivity index (χ2n) is 3.75. The molecule has 0 heterocycles. The van der Waals surface area contributed by atoms with E-state index in [1.54, 1.807) is 13.3 Å². The SMILES string of the molecule is COc1ccc(/C=C/C=N/c2ccccc2)cc1. The van der Waals surface area contributed by atoms with Gasteiger partial charge >= 0.3 is 0 Å². The lowest BCUT2D eigenvalue weighted by atomic mass is 10.2. The van der Waals surface area contributed by atoms with Crippen LogP contribution >= 0.6 is 0 Å². The molecule has 2 aromatic rings. The summed E-state index contributed by atoms with van der Waals surface area (Å²) in [5, 5.41) is 0. The quantitative estimate of drug-likeness (QED) is 0.733. The molecule has 2 heteroatoms. The third-order valence-electron chi connectivity index (χ3n) is 2.47. The second kappa shape index (κ2) is 6.40. The number of rotatable bonds is 4. The van der Waals surface area contributed by atoms with Crippen molar-refractivity contribution in [3.8, 4) is 5.75 Å². The van der Waals surface area contributed by atoms with Gasteiger partial charge in [-0.2, -0.15) is 0 Å². The molecule has 0 fully saturated rings. The van der Waals surface area contributed by atoms with E-state index in [1.807, 2.05) is 66.7 Å². The van der Waals surface area contributed by atoms with Crippen LogP contribution < -0.4 is 4.74 Å². The normalized spacial score (nSPS) is 11.2. The van der Waals surface area contributed by atoms with Crippen molar-refractivity contribution in [1.82, 2.24) is 0 Å². The minimum Gasteiger partial charge on any atom is -0.497 e. The number of aliphatic imine (C=N–C) groups is 1. The van der Waals surface area contributed by atoms with Crippen molar-refractivity contribution >= 4 is 18.0 Å². The largest absolute Gasteiger partial charge is 0.497 e. The summed E-state index contributed by atoms with van der Waals surface area (Å²) in [6, 6.07) is 17.8. The van der Waals surface area contributed by atoms with Crippen molar-refractivity contribution in [1.29, 1.82) is 0 Å². The molecule has 0 saturated heterocycles. The molecule has 0 amide bonds. The summed E-state index contributed by atoms with van der Waals surface area (Å²) in [5.74, 6) is 0.866. The summed E-state index contributed by atoms with van der Waals surface area (Å²) in [5.41, 5.74) is 2.08. The third-order valence-corrected chi connectivity index (χ3v) is 2.47. The Morgan fingerprint density at radius 1 is 0.944 bits per heavy atom. The summed E-state index contributed by atoms with van der Waals surface area (Å²) in [6.07, 6.45) is 5.72. The Labute approximate surface area is 107 Å². The van der Waals surface area contributed by atoms with Crippen molar-refractivity contribution in [3.63, 3.8) is 0 Å². The fourth-order valence-electron chi connectivity index (χ4n) is 1.51. The molecule has 2 nitrogen and oxygen atoms in total. The average molecular weight is 237 g/mol. The molecule has 2 rings (SSSR count). The lowest BCUT2D eigenvalue weighted by Gasteiger charge is -1.98. The molecular formula is C16H15NO. The van der Waals surface area contributed by atoms with Gasteiger partial charge in [-0.25, -0.2) is 0 Å². The maximum absolute atomic E-state index is 5.10. The van der Waals surface area contributed by atoms with Gasteiger partial charge in [-0.1, -0.05) is 36.4 Å². The molecule has 0 aliphatic heterocycles. The maximum Gasteiger partial charge on any atom is 0.118 e. The minimum absolute atomic E-state index is 0.866. The second-order valence-corrected chi connectivity index (χ2v) is 3.75. The first kappa shape index (κ1) is 12.1. The minimum atomic E-state index is 0.866. The molecule has 0 aliphatic rings. The van der Waals surface area contributed by atoms with Crippen LogP contribution in [0.25, 0.3) is 6.08 Å². The Kier molecular flexibility index (Phi) is 4.31. The number of ether oxygens (including phenoxy) is 1. The van der Waals surface area contributed by atoms with Crippen LogP contribution in [-0.4, -0.2) is 13.3 Å². The number of benzene rings is 2. The van der Waals surface area contributed by atoms with Crippen molar-refractivity contribution in [2.75, 3.05) is 7.11 Å². The first-order valence-electron chi connectivity index (χ1n) is 5.78. The van der Waals surface area contributed by atoms with E-state index in [-0.39, 0.29) is 0 Å². The van der Waals surface area contributed by atoms with Gasteiger partial charge in [0, 0.05) is 6.21 Å². The molecule has 0 aromatic heterocycles. The molecule has 0 aliphatic carbocycles. The van der Waals surface area contributed by atoms with Crippen LogP contribution in [-0.2, 0) is 0 Å². The summed E-state index contributed by atoms with van der Waals surface area (Å²) < 4.78 is 5.10. The van der Waals surface area contributed by atoms with Crippen molar-refractivity contribution < 1.29 is 4.74 Å². The number of nitrogens with zero attached hydrogens (tertiary/aromatic N) is 1. The number of allylic oxidation sites excluding steroid dienone is 1. The van der Waals surface area contributed by atoms with Crippen LogP contribution in [0.4, 0.5) is 5.69 Å². The predicted molar refractivity (Wildman–Crippen MR) is 76.6 cm³/mol. The highest BCUT2D eigenvalue weighted by Crippen LogP contribution is 2.12. The summed E-state index contributed by atoms with van der Waals surface area (Å²) in [4.78, 5) is 4.32. The van der Waals surface area contributed by atoms with Gasteiger partial charge in [-0.15, -0.1) is 0 Å². The van der Waals surface area contributed by atoms with E-state index in [9.17, 15) is 0 Å². The summed E-state index contributed by atoms with van der Waals surface area (Å²) in [6.45, 7) is 0. The van der Waals surface area contributed by atoms with Gasteiger partial charge in [0.15, 0.2) is 0 Å². The monoisotopic (exact) mass is 237 g/mol. The van der Waals surface area contributed by atoms with E-state index >= 15 is 0 Å².